The molecule has 17 heavy (non-hydrogen) atoms. The number of nitriles is 1. The lowest BCUT2D eigenvalue weighted by Gasteiger charge is -2.06. The molecule has 2 aromatic rings. The predicted octanol–water partition coefficient (Wildman–Crippen LogP) is 1.81. The van der Waals surface area contributed by atoms with Crippen molar-refractivity contribution >= 4 is 17.3 Å². The molecular formula is C11H8FN5. The third kappa shape index (κ3) is 2.46. The highest BCUT2D eigenvalue weighted by molar-refractivity contribution is 5.64. The first-order valence-corrected chi connectivity index (χ1v) is 4.75. The van der Waals surface area contributed by atoms with E-state index in [0.717, 1.165) is 6.07 Å². The van der Waals surface area contributed by atoms with Gasteiger partial charge in [-0.2, -0.15) is 5.26 Å². The van der Waals surface area contributed by atoms with E-state index >= 15 is 0 Å². The summed E-state index contributed by atoms with van der Waals surface area (Å²) in [6.45, 7) is 0. The molecule has 3 N–H and O–H groups in total. The average molecular weight is 229 g/mol. The van der Waals surface area contributed by atoms with Crippen molar-refractivity contribution in [1.29, 1.82) is 5.26 Å². The normalized spacial score (nSPS) is 9.65. The number of rotatable bonds is 2. The van der Waals surface area contributed by atoms with Crippen molar-refractivity contribution in [2.24, 2.45) is 0 Å². The Bertz CT molecular complexity index is 573. The number of aromatic nitrogens is 2. The van der Waals surface area contributed by atoms with Crippen LogP contribution in [-0.2, 0) is 0 Å². The van der Waals surface area contributed by atoms with Gasteiger partial charge in [-0.3, -0.25) is 0 Å². The molecule has 0 saturated carbocycles. The van der Waals surface area contributed by atoms with Crippen LogP contribution in [0, 0.1) is 17.1 Å². The number of anilines is 3. The highest BCUT2D eigenvalue weighted by atomic mass is 19.1. The molecule has 1 aromatic carbocycles. The fourth-order valence-electron chi connectivity index (χ4n) is 1.27. The number of benzene rings is 1. The van der Waals surface area contributed by atoms with Crippen LogP contribution < -0.4 is 11.1 Å². The van der Waals surface area contributed by atoms with Gasteiger partial charge in [-0.05, 0) is 30.3 Å². The minimum absolute atomic E-state index is 0.198. The molecule has 5 nitrogen and oxygen atoms in total. The Kier molecular flexibility index (Phi) is 2.83. The van der Waals surface area contributed by atoms with E-state index in [1.54, 1.807) is 12.1 Å². The maximum Gasteiger partial charge on any atom is 0.153 e. The SMILES string of the molecule is N#Cc1cc(F)ccc1Nc1ccc(N)nn1. The Balaban J connectivity index is 2.30. The van der Waals surface area contributed by atoms with Crippen molar-refractivity contribution in [2.75, 3.05) is 11.1 Å². The number of nitrogens with two attached hydrogens (primary N) is 1. The summed E-state index contributed by atoms with van der Waals surface area (Å²) in [5.41, 5.74) is 6.06. The topological polar surface area (TPSA) is 87.6 Å². The fourth-order valence-corrected chi connectivity index (χ4v) is 1.27. The molecule has 0 saturated heterocycles. The van der Waals surface area contributed by atoms with Crippen molar-refractivity contribution < 1.29 is 4.39 Å². The van der Waals surface area contributed by atoms with Gasteiger partial charge in [0.1, 0.15) is 17.7 Å². The molecule has 0 radical (unpaired) electrons. The van der Waals surface area contributed by atoms with Crippen LogP contribution in [0.25, 0.3) is 0 Å². The molecule has 0 aliphatic heterocycles. The van der Waals surface area contributed by atoms with Gasteiger partial charge in [0.2, 0.25) is 0 Å². The Labute approximate surface area is 96.7 Å². The van der Waals surface area contributed by atoms with Gasteiger partial charge in [0, 0.05) is 0 Å². The molecular weight excluding hydrogens is 221 g/mol. The van der Waals surface area contributed by atoms with Gasteiger partial charge >= 0.3 is 0 Å². The molecule has 0 aliphatic carbocycles. The summed E-state index contributed by atoms with van der Waals surface area (Å²) in [7, 11) is 0. The Morgan fingerprint density at radius 2 is 2.06 bits per heavy atom. The number of hydrogen-bond acceptors (Lipinski definition) is 5. The van der Waals surface area contributed by atoms with E-state index in [9.17, 15) is 4.39 Å². The molecule has 84 valence electrons. The van der Waals surface area contributed by atoms with Gasteiger partial charge in [0.05, 0.1) is 11.3 Å². The maximum absolute atomic E-state index is 12.9. The molecule has 0 spiro atoms. The summed E-state index contributed by atoms with van der Waals surface area (Å²) in [5.74, 6) is 0.271. The van der Waals surface area contributed by atoms with Crippen LogP contribution in [0.15, 0.2) is 30.3 Å². The van der Waals surface area contributed by atoms with E-state index in [-0.39, 0.29) is 5.56 Å². The molecule has 0 unspecified atom stereocenters. The second-order valence-corrected chi connectivity index (χ2v) is 3.27. The molecule has 0 aliphatic rings. The first kappa shape index (κ1) is 10.8. The van der Waals surface area contributed by atoms with E-state index in [1.165, 1.54) is 12.1 Å². The summed E-state index contributed by atoms with van der Waals surface area (Å²) >= 11 is 0. The summed E-state index contributed by atoms with van der Waals surface area (Å²) in [6, 6.07) is 8.95. The predicted molar refractivity (Wildman–Crippen MR) is 60.8 cm³/mol. The zero-order valence-corrected chi connectivity index (χ0v) is 8.68. The van der Waals surface area contributed by atoms with Gasteiger partial charge in [-0.1, -0.05) is 0 Å². The third-order valence-corrected chi connectivity index (χ3v) is 2.05. The molecule has 0 fully saturated rings. The first-order valence-electron chi connectivity index (χ1n) is 4.75. The minimum atomic E-state index is -0.463. The van der Waals surface area contributed by atoms with Gasteiger partial charge in [0.15, 0.2) is 5.82 Å². The van der Waals surface area contributed by atoms with E-state index in [1.807, 2.05) is 6.07 Å². The van der Waals surface area contributed by atoms with Crippen LogP contribution in [0.2, 0.25) is 0 Å². The number of nitrogen functional groups attached to an aromatic ring is 1. The number of hydrogen-bond donors (Lipinski definition) is 2. The van der Waals surface area contributed by atoms with Crippen molar-refractivity contribution in [3.63, 3.8) is 0 Å². The van der Waals surface area contributed by atoms with Crippen LogP contribution in [0.4, 0.5) is 21.7 Å². The quantitative estimate of drug-likeness (QED) is 0.819. The minimum Gasteiger partial charge on any atom is -0.382 e. The lowest BCUT2D eigenvalue weighted by atomic mass is 10.2. The third-order valence-electron chi connectivity index (χ3n) is 2.05. The van der Waals surface area contributed by atoms with E-state index in [2.05, 4.69) is 15.5 Å². The van der Waals surface area contributed by atoms with Crippen LogP contribution >= 0.6 is 0 Å². The zero-order valence-electron chi connectivity index (χ0n) is 8.68. The van der Waals surface area contributed by atoms with Crippen molar-refractivity contribution in [2.45, 2.75) is 0 Å². The summed E-state index contributed by atoms with van der Waals surface area (Å²) in [5, 5.41) is 19.2. The molecule has 2 rings (SSSR count). The maximum atomic E-state index is 12.9. The summed E-state index contributed by atoms with van der Waals surface area (Å²) in [6.07, 6.45) is 0. The van der Waals surface area contributed by atoms with Crippen molar-refractivity contribution in [3.8, 4) is 6.07 Å². The average Bonchev–Trinajstić information content (AvgIpc) is 2.34. The molecule has 1 aromatic heterocycles. The number of nitrogens with one attached hydrogen (secondary N) is 1. The first-order chi connectivity index (χ1) is 8.19. The molecule has 1 heterocycles. The second kappa shape index (κ2) is 4.45. The van der Waals surface area contributed by atoms with Crippen LogP contribution in [0.1, 0.15) is 5.56 Å². The highest BCUT2D eigenvalue weighted by Gasteiger charge is 2.04. The Morgan fingerprint density at radius 1 is 1.24 bits per heavy atom. The summed E-state index contributed by atoms with van der Waals surface area (Å²) < 4.78 is 12.9. The lowest BCUT2D eigenvalue weighted by Crippen LogP contribution is -1.99. The molecule has 0 atom stereocenters. The van der Waals surface area contributed by atoms with Gasteiger partial charge in [0.25, 0.3) is 0 Å². The Morgan fingerprint density at radius 3 is 2.71 bits per heavy atom. The standard InChI is InChI=1S/C11H8FN5/c12-8-1-2-9(7(5-8)6-13)15-11-4-3-10(14)16-17-11/h1-5H,(H2,14,16)(H,15,17). The lowest BCUT2D eigenvalue weighted by molar-refractivity contribution is 0.627. The van der Waals surface area contributed by atoms with E-state index in [4.69, 9.17) is 11.0 Å². The van der Waals surface area contributed by atoms with Gasteiger partial charge in [-0.25, -0.2) is 4.39 Å². The Hall–Kier alpha value is -2.68. The van der Waals surface area contributed by atoms with Crippen LogP contribution in [0.5, 0.6) is 0 Å². The fraction of sp³-hybridized carbons (Fsp3) is 0. The van der Waals surface area contributed by atoms with Crippen LogP contribution in [-0.4, -0.2) is 10.2 Å². The highest BCUT2D eigenvalue weighted by Crippen LogP contribution is 2.19. The van der Waals surface area contributed by atoms with Gasteiger partial charge in [-0.15, -0.1) is 10.2 Å². The number of nitrogens with zero attached hydrogens (tertiary/aromatic N) is 3. The summed E-state index contributed by atoms with van der Waals surface area (Å²) in [4.78, 5) is 0. The second-order valence-electron chi connectivity index (χ2n) is 3.27. The largest absolute Gasteiger partial charge is 0.382 e. The van der Waals surface area contributed by atoms with Gasteiger partial charge < -0.3 is 11.1 Å². The van der Waals surface area contributed by atoms with E-state index < -0.39 is 5.82 Å². The number of halogens is 1. The molecule has 0 bridgehead atoms. The van der Waals surface area contributed by atoms with E-state index in [0.29, 0.717) is 17.3 Å². The molecule has 6 heteroatoms. The van der Waals surface area contributed by atoms with Crippen molar-refractivity contribution in [3.05, 3.63) is 41.7 Å². The smallest absolute Gasteiger partial charge is 0.153 e. The van der Waals surface area contributed by atoms with Crippen LogP contribution in [0.3, 0.4) is 0 Å². The molecule has 0 amide bonds. The van der Waals surface area contributed by atoms with Crippen molar-refractivity contribution in [1.82, 2.24) is 10.2 Å². The monoisotopic (exact) mass is 229 g/mol. The zero-order chi connectivity index (χ0) is 12.3.